The first kappa shape index (κ1) is 14.2. The highest BCUT2D eigenvalue weighted by molar-refractivity contribution is 5.92. The lowest BCUT2D eigenvalue weighted by atomic mass is 10.2. The number of carbonyl (C=O) groups is 1. The van der Waals surface area contributed by atoms with Gasteiger partial charge in [-0.25, -0.2) is 0 Å². The Morgan fingerprint density at radius 1 is 1.41 bits per heavy atom. The molecule has 4 nitrogen and oxygen atoms in total. The molecule has 1 saturated heterocycles. The molecule has 1 amide bonds. The molecule has 1 heterocycles. The summed E-state index contributed by atoms with van der Waals surface area (Å²) in [6.07, 6.45) is 2.91. The van der Waals surface area contributed by atoms with Crippen LogP contribution in [-0.4, -0.2) is 62.0 Å². The Kier molecular flexibility index (Phi) is 6.22. The second-order valence-corrected chi connectivity index (χ2v) is 4.61. The molecular formula is C13H25N3O. The van der Waals surface area contributed by atoms with Gasteiger partial charge in [0.15, 0.2) is 0 Å². The van der Waals surface area contributed by atoms with E-state index in [2.05, 4.69) is 17.1 Å². The second kappa shape index (κ2) is 7.45. The molecule has 4 heteroatoms. The third kappa shape index (κ3) is 4.88. The van der Waals surface area contributed by atoms with Crippen molar-refractivity contribution in [3.63, 3.8) is 0 Å². The van der Waals surface area contributed by atoms with Crippen LogP contribution in [0, 0.1) is 0 Å². The van der Waals surface area contributed by atoms with Crippen LogP contribution in [0.25, 0.3) is 0 Å². The van der Waals surface area contributed by atoms with Crippen LogP contribution in [0.5, 0.6) is 0 Å². The van der Waals surface area contributed by atoms with E-state index >= 15 is 0 Å². The van der Waals surface area contributed by atoms with Crippen LogP contribution in [0.4, 0.5) is 0 Å². The maximum absolute atomic E-state index is 11.9. The summed E-state index contributed by atoms with van der Waals surface area (Å²) in [5.41, 5.74) is 0.857. The van der Waals surface area contributed by atoms with E-state index in [0.29, 0.717) is 0 Å². The smallest absolute Gasteiger partial charge is 0.248 e. The fourth-order valence-corrected chi connectivity index (χ4v) is 2.02. The van der Waals surface area contributed by atoms with Gasteiger partial charge in [0.2, 0.25) is 5.91 Å². The summed E-state index contributed by atoms with van der Waals surface area (Å²) < 4.78 is 0. The molecule has 0 aliphatic carbocycles. The Morgan fingerprint density at radius 3 is 2.65 bits per heavy atom. The Hall–Kier alpha value is -0.870. The van der Waals surface area contributed by atoms with Gasteiger partial charge in [-0.15, -0.1) is 0 Å². The van der Waals surface area contributed by atoms with Gasteiger partial charge in [0.1, 0.15) is 0 Å². The van der Waals surface area contributed by atoms with Crippen molar-refractivity contribution in [3.05, 3.63) is 11.6 Å². The highest BCUT2D eigenvalue weighted by Gasteiger charge is 2.13. The van der Waals surface area contributed by atoms with Crippen molar-refractivity contribution in [3.8, 4) is 0 Å². The normalized spacial score (nSPS) is 18.2. The first-order chi connectivity index (χ1) is 8.15. The monoisotopic (exact) mass is 239 g/mol. The Labute approximate surface area is 105 Å². The van der Waals surface area contributed by atoms with E-state index in [1.54, 1.807) is 0 Å². The van der Waals surface area contributed by atoms with Crippen LogP contribution >= 0.6 is 0 Å². The SMILES string of the molecule is CCC=C(C)C(=O)N(C)CCN1CCNCC1. The van der Waals surface area contributed by atoms with Crippen LogP contribution in [0.1, 0.15) is 20.3 Å². The molecule has 98 valence electrons. The number of rotatable bonds is 5. The molecule has 1 fully saturated rings. The lowest BCUT2D eigenvalue weighted by Crippen LogP contribution is -2.46. The van der Waals surface area contributed by atoms with Gasteiger partial charge < -0.3 is 10.2 Å². The quantitative estimate of drug-likeness (QED) is 0.718. The maximum atomic E-state index is 11.9. The molecule has 1 N–H and O–H groups in total. The minimum Gasteiger partial charge on any atom is -0.341 e. The standard InChI is InChI=1S/C13H25N3O/c1-4-5-12(2)13(17)15(3)10-11-16-8-6-14-7-9-16/h5,14H,4,6-11H2,1-3H3. The zero-order chi connectivity index (χ0) is 12.7. The molecule has 0 bridgehead atoms. The van der Waals surface area contributed by atoms with Crippen molar-refractivity contribution in [2.75, 3.05) is 46.3 Å². The molecule has 1 rings (SSSR count). The number of hydrogen-bond acceptors (Lipinski definition) is 3. The first-order valence-corrected chi connectivity index (χ1v) is 6.50. The molecule has 0 radical (unpaired) electrons. The summed E-state index contributed by atoms with van der Waals surface area (Å²) in [6, 6.07) is 0. The molecule has 0 unspecified atom stereocenters. The number of nitrogens with zero attached hydrogens (tertiary/aromatic N) is 2. The summed E-state index contributed by atoms with van der Waals surface area (Å²) in [6.45, 7) is 10.0. The van der Waals surface area contributed by atoms with Crippen LogP contribution in [0.15, 0.2) is 11.6 Å². The number of likely N-dealkylation sites (N-methyl/N-ethyl adjacent to an activating group) is 1. The molecule has 0 aromatic carbocycles. The van der Waals surface area contributed by atoms with Crippen molar-refractivity contribution >= 4 is 5.91 Å². The Balaban J connectivity index is 2.30. The maximum Gasteiger partial charge on any atom is 0.248 e. The van der Waals surface area contributed by atoms with Crippen molar-refractivity contribution < 1.29 is 4.79 Å². The fraction of sp³-hybridized carbons (Fsp3) is 0.769. The first-order valence-electron chi connectivity index (χ1n) is 6.50. The van der Waals surface area contributed by atoms with Crippen molar-refractivity contribution in [1.82, 2.24) is 15.1 Å². The topological polar surface area (TPSA) is 35.6 Å². The Bertz CT molecular complexity index is 270. The number of carbonyl (C=O) groups excluding carboxylic acids is 1. The van der Waals surface area contributed by atoms with Gasteiger partial charge in [0, 0.05) is 51.9 Å². The molecular weight excluding hydrogens is 214 g/mol. The van der Waals surface area contributed by atoms with E-state index in [0.717, 1.165) is 51.3 Å². The van der Waals surface area contributed by atoms with E-state index in [1.807, 2.05) is 24.9 Å². The molecule has 17 heavy (non-hydrogen) atoms. The third-order valence-electron chi connectivity index (χ3n) is 3.16. The zero-order valence-corrected chi connectivity index (χ0v) is 11.3. The Morgan fingerprint density at radius 2 is 2.06 bits per heavy atom. The lowest BCUT2D eigenvalue weighted by molar-refractivity contribution is -0.126. The number of amides is 1. The fourth-order valence-electron chi connectivity index (χ4n) is 2.02. The molecule has 1 aliphatic heterocycles. The molecule has 0 saturated carbocycles. The van der Waals surface area contributed by atoms with Crippen LogP contribution in [0.3, 0.4) is 0 Å². The molecule has 0 aromatic rings. The summed E-state index contributed by atoms with van der Waals surface area (Å²) in [5.74, 6) is 0.155. The number of hydrogen-bond donors (Lipinski definition) is 1. The van der Waals surface area contributed by atoms with Crippen LogP contribution in [-0.2, 0) is 4.79 Å². The van der Waals surface area contributed by atoms with E-state index in [1.165, 1.54) is 0 Å². The van der Waals surface area contributed by atoms with Gasteiger partial charge >= 0.3 is 0 Å². The minimum absolute atomic E-state index is 0.155. The molecule has 0 atom stereocenters. The number of allylic oxidation sites excluding steroid dienone is 1. The molecule has 0 aromatic heterocycles. The van der Waals surface area contributed by atoms with Gasteiger partial charge in [-0.3, -0.25) is 9.69 Å². The largest absolute Gasteiger partial charge is 0.341 e. The van der Waals surface area contributed by atoms with Crippen LogP contribution in [0.2, 0.25) is 0 Å². The predicted molar refractivity (Wildman–Crippen MR) is 71.0 cm³/mol. The number of piperazine rings is 1. The predicted octanol–water partition coefficient (Wildman–Crippen LogP) is 0.706. The lowest BCUT2D eigenvalue weighted by Gasteiger charge is -2.29. The van der Waals surface area contributed by atoms with Gasteiger partial charge in [0.25, 0.3) is 0 Å². The van der Waals surface area contributed by atoms with Gasteiger partial charge in [-0.05, 0) is 13.3 Å². The van der Waals surface area contributed by atoms with E-state index in [9.17, 15) is 4.79 Å². The van der Waals surface area contributed by atoms with Crippen molar-refractivity contribution in [2.24, 2.45) is 0 Å². The number of nitrogens with one attached hydrogen (secondary N) is 1. The van der Waals surface area contributed by atoms with Crippen molar-refractivity contribution in [2.45, 2.75) is 20.3 Å². The van der Waals surface area contributed by atoms with Crippen LogP contribution < -0.4 is 5.32 Å². The summed E-state index contributed by atoms with van der Waals surface area (Å²) in [7, 11) is 1.89. The average molecular weight is 239 g/mol. The van der Waals surface area contributed by atoms with Gasteiger partial charge in [-0.2, -0.15) is 0 Å². The third-order valence-corrected chi connectivity index (χ3v) is 3.16. The zero-order valence-electron chi connectivity index (χ0n) is 11.3. The second-order valence-electron chi connectivity index (χ2n) is 4.61. The van der Waals surface area contributed by atoms with Gasteiger partial charge in [-0.1, -0.05) is 13.0 Å². The van der Waals surface area contributed by atoms with E-state index in [4.69, 9.17) is 0 Å². The van der Waals surface area contributed by atoms with E-state index in [-0.39, 0.29) is 5.91 Å². The molecule has 0 spiro atoms. The average Bonchev–Trinajstić information content (AvgIpc) is 2.36. The van der Waals surface area contributed by atoms with E-state index < -0.39 is 0 Å². The highest BCUT2D eigenvalue weighted by Crippen LogP contribution is 2.01. The highest BCUT2D eigenvalue weighted by atomic mass is 16.2. The summed E-state index contributed by atoms with van der Waals surface area (Å²) >= 11 is 0. The van der Waals surface area contributed by atoms with Gasteiger partial charge in [0.05, 0.1) is 0 Å². The summed E-state index contributed by atoms with van der Waals surface area (Å²) in [5, 5.41) is 3.33. The molecule has 1 aliphatic rings. The van der Waals surface area contributed by atoms with Crippen molar-refractivity contribution in [1.29, 1.82) is 0 Å². The summed E-state index contributed by atoms with van der Waals surface area (Å²) in [4.78, 5) is 16.2. The minimum atomic E-state index is 0.155.